The van der Waals surface area contributed by atoms with Gasteiger partial charge in [0.15, 0.2) is 11.8 Å². The van der Waals surface area contributed by atoms with Crippen LogP contribution in [-0.4, -0.2) is 26.1 Å². The van der Waals surface area contributed by atoms with Crippen LogP contribution in [0.4, 0.5) is 5.95 Å². The SMILES string of the molecule is NC(N)=Nc1n[nH]c(-c2cccnc2)n1. The molecule has 0 fully saturated rings. The minimum Gasteiger partial charge on any atom is -0.370 e. The Bertz CT molecular complexity index is 469. The third kappa shape index (κ3) is 2.08. The van der Waals surface area contributed by atoms with E-state index in [0.29, 0.717) is 5.82 Å². The van der Waals surface area contributed by atoms with E-state index in [-0.39, 0.29) is 11.9 Å². The predicted octanol–water partition coefficient (Wildman–Crippen LogP) is -0.228. The average Bonchev–Trinajstić information content (AvgIpc) is 2.67. The molecule has 7 nitrogen and oxygen atoms in total. The quantitative estimate of drug-likeness (QED) is 0.460. The van der Waals surface area contributed by atoms with Crippen molar-refractivity contribution in [1.82, 2.24) is 20.2 Å². The molecule has 0 radical (unpaired) electrons. The molecule has 0 saturated heterocycles. The number of aromatic nitrogens is 4. The molecule has 0 amide bonds. The normalized spacial score (nSPS) is 9.87. The lowest BCUT2D eigenvalue weighted by Gasteiger charge is -1.91. The Hall–Kier alpha value is -2.44. The van der Waals surface area contributed by atoms with Gasteiger partial charge in [-0.3, -0.25) is 10.1 Å². The first-order chi connectivity index (χ1) is 7.25. The summed E-state index contributed by atoms with van der Waals surface area (Å²) < 4.78 is 0. The van der Waals surface area contributed by atoms with Crippen LogP contribution in [-0.2, 0) is 0 Å². The van der Waals surface area contributed by atoms with E-state index in [1.807, 2.05) is 6.07 Å². The van der Waals surface area contributed by atoms with E-state index in [2.05, 4.69) is 25.2 Å². The fourth-order valence-electron chi connectivity index (χ4n) is 1.05. The first kappa shape index (κ1) is 9.13. The lowest BCUT2D eigenvalue weighted by molar-refractivity contribution is 1.08. The van der Waals surface area contributed by atoms with E-state index in [0.717, 1.165) is 5.56 Å². The van der Waals surface area contributed by atoms with Gasteiger partial charge in [-0.1, -0.05) is 0 Å². The van der Waals surface area contributed by atoms with Crippen LogP contribution in [0.25, 0.3) is 11.4 Å². The fraction of sp³-hybridized carbons (Fsp3) is 0. The highest BCUT2D eigenvalue weighted by Crippen LogP contribution is 2.14. The van der Waals surface area contributed by atoms with Crippen LogP contribution < -0.4 is 11.5 Å². The number of nitrogens with one attached hydrogen (secondary N) is 1. The van der Waals surface area contributed by atoms with E-state index in [4.69, 9.17) is 11.5 Å². The molecule has 2 heterocycles. The van der Waals surface area contributed by atoms with Gasteiger partial charge in [-0.15, -0.1) is 5.10 Å². The Morgan fingerprint density at radius 2 is 2.27 bits per heavy atom. The molecule has 0 saturated carbocycles. The first-order valence-corrected chi connectivity index (χ1v) is 4.18. The maximum absolute atomic E-state index is 5.19. The van der Waals surface area contributed by atoms with Crippen molar-refractivity contribution in [3.63, 3.8) is 0 Å². The number of aliphatic imine (C=N–C) groups is 1. The van der Waals surface area contributed by atoms with E-state index in [1.165, 1.54) is 0 Å². The molecule has 0 unspecified atom stereocenters. The minimum atomic E-state index is -0.0771. The van der Waals surface area contributed by atoms with Gasteiger partial charge in [0.2, 0.25) is 0 Å². The van der Waals surface area contributed by atoms with Crippen molar-refractivity contribution < 1.29 is 0 Å². The Kier molecular flexibility index (Phi) is 2.28. The number of nitrogens with zero attached hydrogens (tertiary/aromatic N) is 4. The van der Waals surface area contributed by atoms with E-state index >= 15 is 0 Å². The molecule has 5 N–H and O–H groups in total. The molecule has 0 aliphatic rings. The van der Waals surface area contributed by atoms with Gasteiger partial charge in [-0.05, 0) is 12.1 Å². The summed E-state index contributed by atoms with van der Waals surface area (Å²) in [5, 5.41) is 6.53. The third-order valence-electron chi connectivity index (χ3n) is 1.64. The Morgan fingerprint density at radius 1 is 1.40 bits per heavy atom. The maximum atomic E-state index is 5.19. The van der Waals surface area contributed by atoms with E-state index in [9.17, 15) is 0 Å². The molecule has 0 aliphatic heterocycles. The van der Waals surface area contributed by atoms with Crippen molar-refractivity contribution in [2.45, 2.75) is 0 Å². The second-order valence-electron chi connectivity index (χ2n) is 2.76. The summed E-state index contributed by atoms with van der Waals surface area (Å²) >= 11 is 0. The summed E-state index contributed by atoms with van der Waals surface area (Å²) in [5.74, 6) is 0.698. The van der Waals surface area contributed by atoms with Gasteiger partial charge in [-0.25, -0.2) is 0 Å². The number of nitrogens with two attached hydrogens (primary N) is 2. The summed E-state index contributed by atoms with van der Waals surface area (Å²) in [5.41, 5.74) is 11.2. The number of rotatable bonds is 2. The summed E-state index contributed by atoms with van der Waals surface area (Å²) in [7, 11) is 0. The summed E-state index contributed by atoms with van der Waals surface area (Å²) in [6.07, 6.45) is 3.34. The monoisotopic (exact) mass is 203 g/mol. The number of hydrogen-bond donors (Lipinski definition) is 3. The maximum Gasteiger partial charge on any atom is 0.271 e. The van der Waals surface area contributed by atoms with Crippen molar-refractivity contribution >= 4 is 11.9 Å². The molecular formula is C8H9N7. The standard InChI is InChI=1S/C8H9N7/c9-7(10)13-8-12-6(14-15-8)5-2-1-3-11-4-5/h1-4H,(H5,9,10,12,13,14,15). The number of pyridine rings is 1. The molecule has 0 aliphatic carbocycles. The summed E-state index contributed by atoms with van der Waals surface area (Å²) in [6, 6.07) is 3.66. The second kappa shape index (κ2) is 3.74. The average molecular weight is 203 g/mol. The van der Waals surface area contributed by atoms with E-state index in [1.54, 1.807) is 18.5 Å². The highest BCUT2D eigenvalue weighted by Gasteiger charge is 2.03. The van der Waals surface area contributed by atoms with Crippen molar-refractivity contribution in [2.24, 2.45) is 16.5 Å². The molecule has 0 aromatic carbocycles. The van der Waals surface area contributed by atoms with Gasteiger partial charge < -0.3 is 11.5 Å². The molecule has 2 rings (SSSR count). The summed E-state index contributed by atoms with van der Waals surface area (Å²) in [4.78, 5) is 11.7. The summed E-state index contributed by atoms with van der Waals surface area (Å²) in [6.45, 7) is 0. The van der Waals surface area contributed by atoms with Crippen LogP contribution in [0.2, 0.25) is 0 Å². The van der Waals surface area contributed by atoms with Crippen LogP contribution in [0.5, 0.6) is 0 Å². The topological polar surface area (TPSA) is 119 Å². The first-order valence-electron chi connectivity index (χ1n) is 4.18. The van der Waals surface area contributed by atoms with Gasteiger partial charge in [0, 0.05) is 18.0 Å². The molecule has 0 spiro atoms. The van der Waals surface area contributed by atoms with Gasteiger partial charge in [-0.2, -0.15) is 9.98 Å². The molecule has 0 atom stereocenters. The second-order valence-corrected chi connectivity index (χ2v) is 2.76. The zero-order valence-corrected chi connectivity index (χ0v) is 7.75. The largest absolute Gasteiger partial charge is 0.370 e. The third-order valence-corrected chi connectivity index (χ3v) is 1.64. The smallest absolute Gasteiger partial charge is 0.271 e. The van der Waals surface area contributed by atoms with Crippen LogP contribution in [0.1, 0.15) is 0 Å². The minimum absolute atomic E-state index is 0.0771. The van der Waals surface area contributed by atoms with Crippen LogP contribution >= 0.6 is 0 Å². The Morgan fingerprint density at radius 3 is 2.93 bits per heavy atom. The number of aromatic amines is 1. The lowest BCUT2D eigenvalue weighted by Crippen LogP contribution is -2.22. The molecule has 2 aromatic rings. The molecular weight excluding hydrogens is 194 g/mol. The lowest BCUT2D eigenvalue weighted by atomic mass is 10.3. The van der Waals surface area contributed by atoms with Crippen molar-refractivity contribution in [3.8, 4) is 11.4 Å². The fourth-order valence-corrected chi connectivity index (χ4v) is 1.05. The highest BCUT2D eigenvalue weighted by molar-refractivity contribution is 5.78. The number of guanidine groups is 1. The Balaban J connectivity index is 2.32. The van der Waals surface area contributed by atoms with Crippen LogP contribution in [0.3, 0.4) is 0 Å². The zero-order valence-electron chi connectivity index (χ0n) is 7.75. The van der Waals surface area contributed by atoms with E-state index < -0.39 is 0 Å². The molecule has 2 aromatic heterocycles. The van der Waals surface area contributed by atoms with Crippen molar-refractivity contribution in [1.29, 1.82) is 0 Å². The predicted molar refractivity (Wildman–Crippen MR) is 55.1 cm³/mol. The molecule has 7 heteroatoms. The zero-order chi connectivity index (χ0) is 10.7. The molecule has 76 valence electrons. The Labute approximate surface area is 85.3 Å². The van der Waals surface area contributed by atoms with Gasteiger partial charge in [0.1, 0.15) is 0 Å². The highest BCUT2D eigenvalue weighted by atomic mass is 15.3. The van der Waals surface area contributed by atoms with Gasteiger partial charge in [0.05, 0.1) is 0 Å². The van der Waals surface area contributed by atoms with Crippen LogP contribution in [0, 0.1) is 0 Å². The van der Waals surface area contributed by atoms with Crippen molar-refractivity contribution in [2.75, 3.05) is 0 Å². The number of H-pyrrole nitrogens is 1. The van der Waals surface area contributed by atoms with Crippen molar-refractivity contribution in [3.05, 3.63) is 24.5 Å². The van der Waals surface area contributed by atoms with Crippen LogP contribution in [0.15, 0.2) is 29.5 Å². The van der Waals surface area contributed by atoms with Gasteiger partial charge in [0.25, 0.3) is 5.95 Å². The van der Waals surface area contributed by atoms with Gasteiger partial charge >= 0.3 is 0 Å². The molecule has 15 heavy (non-hydrogen) atoms. The number of hydrogen-bond acceptors (Lipinski definition) is 4. The molecule has 0 bridgehead atoms.